The molecule has 1 aliphatic rings. The van der Waals surface area contributed by atoms with Gasteiger partial charge in [0, 0.05) is 12.1 Å². The van der Waals surface area contributed by atoms with E-state index >= 15 is 0 Å². The molecule has 2 unspecified atom stereocenters. The molecule has 12 heteroatoms. The molecule has 8 nitrogen and oxygen atoms in total. The van der Waals surface area contributed by atoms with Crippen LogP contribution in [0.2, 0.25) is 26.2 Å². The molecule has 0 bridgehead atoms. The summed E-state index contributed by atoms with van der Waals surface area (Å²) in [4.78, 5) is 0. The van der Waals surface area contributed by atoms with Crippen molar-refractivity contribution in [2.75, 3.05) is 0 Å². The van der Waals surface area contributed by atoms with E-state index in [-0.39, 0.29) is 12.1 Å². The van der Waals surface area contributed by atoms with Crippen LogP contribution in [0.15, 0.2) is 0 Å². The van der Waals surface area contributed by atoms with Gasteiger partial charge in [-0.2, -0.15) is 0 Å². The minimum absolute atomic E-state index is 0.240. The molecule has 0 aromatic rings. The first-order chi connectivity index (χ1) is 8.40. The first kappa shape index (κ1) is 17.6. The smallest absolute Gasteiger partial charge is 0.320 e. The Morgan fingerprint density at radius 1 is 1.16 bits per heavy atom. The number of hydrogen-bond acceptors (Lipinski definition) is 8. The lowest BCUT2D eigenvalue weighted by molar-refractivity contribution is 0.259. The first-order valence-corrected chi connectivity index (χ1v) is 14.6. The van der Waals surface area contributed by atoms with E-state index in [1.807, 2.05) is 26.2 Å². The minimum atomic E-state index is -2.32. The fourth-order valence-corrected chi connectivity index (χ4v) is 16.0. The number of nitrogens with two attached hydrogens (primary N) is 4. The fraction of sp³-hybridized carbons (Fsp3) is 1.00. The zero-order chi connectivity index (χ0) is 14.9. The van der Waals surface area contributed by atoms with Crippen LogP contribution in [0, 0.1) is 0 Å². The highest BCUT2D eigenvalue weighted by Gasteiger charge is 2.43. The predicted molar refractivity (Wildman–Crippen MR) is 82.9 cm³/mol. The standard InChI is InChI=1S/C7H26N4O4Si4/c1-18(2)13-16-12-17(14-19(3,4)15-18)6(8)5-7(9,10)11/h6,17H,5,8-11,16H2,1-4H3. The van der Waals surface area contributed by atoms with E-state index in [2.05, 4.69) is 0 Å². The van der Waals surface area contributed by atoms with Crippen LogP contribution >= 0.6 is 0 Å². The maximum atomic E-state index is 6.06. The molecule has 1 heterocycles. The Labute approximate surface area is 120 Å². The van der Waals surface area contributed by atoms with Crippen LogP contribution in [0.4, 0.5) is 0 Å². The Bertz CT molecular complexity index is 314. The Kier molecular flexibility index (Phi) is 5.67. The number of hydrogen-bond donors (Lipinski definition) is 4. The average molecular weight is 343 g/mol. The quantitative estimate of drug-likeness (QED) is 0.325. The van der Waals surface area contributed by atoms with Gasteiger partial charge < -0.3 is 39.4 Å². The second-order valence-electron chi connectivity index (χ2n) is 5.80. The molecule has 114 valence electrons. The zero-order valence-electron chi connectivity index (χ0n) is 12.0. The molecule has 0 aromatic heterocycles. The van der Waals surface area contributed by atoms with Crippen molar-refractivity contribution in [2.24, 2.45) is 22.9 Å². The molecule has 2 atom stereocenters. The lowest BCUT2D eigenvalue weighted by Crippen LogP contribution is -2.65. The predicted octanol–water partition coefficient (Wildman–Crippen LogP) is -2.52. The van der Waals surface area contributed by atoms with E-state index in [9.17, 15) is 0 Å². The summed E-state index contributed by atoms with van der Waals surface area (Å²) >= 11 is 0. The van der Waals surface area contributed by atoms with E-state index in [4.69, 9.17) is 39.4 Å². The normalized spacial score (nSPS) is 30.6. The Morgan fingerprint density at radius 2 is 1.74 bits per heavy atom. The SMILES string of the molecule is C[Si]1(C)O[SiH2]O[SiH](C(N)CC(N)(N)N)O[Si](C)(C)O1. The zero-order valence-corrected chi connectivity index (χ0v) is 16.6. The van der Waals surface area contributed by atoms with Crippen LogP contribution < -0.4 is 22.9 Å². The number of rotatable bonds is 3. The van der Waals surface area contributed by atoms with Crippen molar-refractivity contribution >= 4 is 36.4 Å². The van der Waals surface area contributed by atoms with Gasteiger partial charge in [-0.1, -0.05) is 0 Å². The van der Waals surface area contributed by atoms with Gasteiger partial charge in [-0.15, -0.1) is 0 Å². The monoisotopic (exact) mass is 342 g/mol. The van der Waals surface area contributed by atoms with Crippen LogP contribution in [0.5, 0.6) is 0 Å². The molecule has 1 aliphatic heterocycles. The van der Waals surface area contributed by atoms with Crippen molar-refractivity contribution in [3.05, 3.63) is 0 Å². The topological polar surface area (TPSA) is 141 Å². The Morgan fingerprint density at radius 3 is 2.26 bits per heavy atom. The molecular formula is C7H26N4O4Si4. The molecule has 1 saturated heterocycles. The fourth-order valence-electron chi connectivity index (χ4n) is 1.92. The molecular weight excluding hydrogens is 316 g/mol. The van der Waals surface area contributed by atoms with Gasteiger partial charge in [0.1, 0.15) is 5.79 Å². The molecule has 0 saturated carbocycles. The average Bonchev–Trinajstić information content (AvgIpc) is 2.08. The summed E-state index contributed by atoms with van der Waals surface area (Å²) in [5, 5.41) is 0. The largest absolute Gasteiger partial charge is 0.422 e. The van der Waals surface area contributed by atoms with E-state index < -0.39 is 42.2 Å². The van der Waals surface area contributed by atoms with Crippen LogP contribution in [0.25, 0.3) is 0 Å². The van der Waals surface area contributed by atoms with Gasteiger partial charge in [-0.3, -0.25) is 0 Å². The highest BCUT2D eigenvalue weighted by molar-refractivity contribution is 6.84. The van der Waals surface area contributed by atoms with Crippen molar-refractivity contribution < 1.29 is 16.5 Å². The van der Waals surface area contributed by atoms with E-state index in [1.165, 1.54) is 0 Å². The third kappa shape index (κ3) is 6.69. The Hall–Kier alpha value is 0.548. The molecule has 19 heavy (non-hydrogen) atoms. The lowest BCUT2D eigenvalue weighted by Gasteiger charge is -2.40. The Balaban J connectivity index is 2.71. The summed E-state index contributed by atoms with van der Waals surface area (Å²) in [5.41, 5.74) is 22.4. The maximum Gasteiger partial charge on any atom is 0.320 e. The molecule has 1 rings (SSSR count). The van der Waals surface area contributed by atoms with Crippen molar-refractivity contribution in [2.45, 2.75) is 44.1 Å². The highest BCUT2D eigenvalue weighted by atomic mass is 28.5. The van der Waals surface area contributed by atoms with Crippen molar-refractivity contribution in [3.63, 3.8) is 0 Å². The van der Waals surface area contributed by atoms with Gasteiger partial charge in [-0.25, -0.2) is 0 Å². The van der Waals surface area contributed by atoms with Crippen LogP contribution in [0.3, 0.4) is 0 Å². The molecule has 8 N–H and O–H groups in total. The summed E-state index contributed by atoms with van der Waals surface area (Å²) in [6, 6.07) is 0. The third-order valence-corrected chi connectivity index (χ3v) is 15.6. The summed E-state index contributed by atoms with van der Waals surface area (Å²) in [6.45, 7) is 7.92. The van der Waals surface area contributed by atoms with Crippen LogP contribution in [-0.4, -0.2) is 47.9 Å². The van der Waals surface area contributed by atoms with Crippen molar-refractivity contribution in [1.82, 2.24) is 0 Å². The van der Waals surface area contributed by atoms with Gasteiger partial charge in [0.15, 0.2) is 0 Å². The second kappa shape index (κ2) is 6.12. The van der Waals surface area contributed by atoms with Gasteiger partial charge in [0.05, 0.1) is 0 Å². The molecule has 0 aliphatic carbocycles. The van der Waals surface area contributed by atoms with Crippen molar-refractivity contribution in [1.29, 1.82) is 0 Å². The summed E-state index contributed by atoms with van der Waals surface area (Å²) in [6.07, 6.45) is 0.240. The maximum absolute atomic E-state index is 6.06. The van der Waals surface area contributed by atoms with E-state index in [0.717, 1.165) is 0 Å². The van der Waals surface area contributed by atoms with Crippen molar-refractivity contribution in [3.8, 4) is 0 Å². The van der Waals surface area contributed by atoms with Gasteiger partial charge in [-0.05, 0) is 26.2 Å². The van der Waals surface area contributed by atoms with E-state index in [1.54, 1.807) is 0 Å². The van der Waals surface area contributed by atoms with Crippen LogP contribution in [0.1, 0.15) is 6.42 Å². The first-order valence-electron chi connectivity index (χ1n) is 6.16. The lowest BCUT2D eigenvalue weighted by atomic mass is 10.3. The minimum Gasteiger partial charge on any atom is -0.422 e. The van der Waals surface area contributed by atoms with Crippen LogP contribution in [-0.2, 0) is 16.5 Å². The summed E-state index contributed by atoms with van der Waals surface area (Å²) < 4.78 is 23.7. The van der Waals surface area contributed by atoms with Gasteiger partial charge in [0.25, 0.3) is 10.0 Å². The molecule has 1 fully saturated rings. The second-order valence-corrected chi connectivity index (χ2v) is 17.5. The molecule has 0 radical (unpaired) electrons. The molecule has 0 amide bonds. The van der Waals surface area contributed by atoms with E-state index in [0.29, 0.717) is 0 Å². The molecule has 0 spiro atoms. The third-order valence-electron chi connectivity index (χ3n) is 2.47. The summed E-state index contributed by atoms with van der Waals surface area (Å²) in [7, 11) is -7.75. The van der Waals surface area contributed by atoms with Gasteiger partial charge >= 0.3 is 26.4 Å². The molecule has 0 aromatic carbocycles. The van der Waals surface area contributed by atoms with Gasteiger partial charge in [0.2, 0.25) is 0 Å². The summed E-state index contributed by atoms with van der Waals surface area (Å²) in [5.74, 6) is -1.31. The highest BCUT2D eigenvalue weighted by Crippen LogP contribution is 2.21.